The third kappa shape index (κ3) is 4.19. The van der Waals surface area contributed by atoms with Crippen molar-refractivity contribution in [2.45, 2.75) is 6.42 Å². The predicted octanol–water partition coefficient (Wildman–Crippen LogP) is 2.10. The van der Waals surface area contributed by atoms with Crippen molar-refractivity contribution >= 4 is 22.4 Å². The lowest BCUT2D eigenvalue weighted by Crippen LogP contribution is -2.51. The molecule has 1 aromatic carbocycles. The molecule has 24 heavy (non-hydrogen) atoms. The van der Waals surface area contributed by atoms with E-state index < -0.39 is 11.6 Å². The molecule has 0 spiro atoms. The summed E-state index contributed by atoms with van der Waals surface area (Å²) < 4.78 is 26.3. The summed E-state index contributed by atoms with van der Waals surface area (Å²) in [5, 5.41) is 2.99. The van der Waals surface area contributed by atoms with Crippen molar-refractivity contribution in [2.75, 3.05) is 37.6 Å². The van der Waals surface area contributed by atoms with E-state index in [0.29, 0.717) is 24.5 Å². The van der Waals surface area contributed by atoms with Crippen LogP contribution < -0.4 is 10.6 Å². The predicted molar refractivity (Wildman–Crippen MR) is 92.5 cm³/mol. The molecule has 128 valence electrons. The van der Waals surface area contributed by atoms with Gasteiger partial charge in [-0.1, -0.05) is 0 Å². The second kappa shape index (κ2) is 7.57. The van der Waals surface area contributed by atoms with Gasteiger partial charge in [-0.15, -0.1) is 11.3 Å². The second-order valence-electron chi connectivity index (χ2n) is 5.56. The maximum atomic E-state index is 13.1. The second-order valence-corrected chi connectivity index (χ2v) is 6.43. The number of nitrogens with two attached hydrogens (primary N) is 1. The van der Waals surface area contributed by atoms with Crippen molar-refractivity contribution in [3.05, 3.63) is 47.0 Å². The van der Waals surface area contributed by atoms with E-state index in [1.54, 1.807) is 17.5 Å². The summed E-state index contributed by atoms with van der Waals surface area (Å²) >= 11 is 1.63. The third-order valence-electron chi connectivity index (χ3n) is 3.89. The van der Waals surface area contributed by atoms with Gasteiger partial charge in [-0.2, -0.15) is 0 Å². The van der Waals surface area contributed by atoms with Gasteiger partial charge >= 0.3 is 0 Å². The topological polar surface area (TPSA) is 57.8 Å². The molecule has 0 saturated carbocycles. The number of hydrogen-bond donors (Lipinski definition) is 1. The van der Waals surface area contributed by atoms with E-state index in [2.05, 4.69) is 14.9 Å². The fourth-order valence-corrected chi connectivity index (χ4v) is 3.35. The van der Waals surface area contributed by atoms with Crippen LogP contribution in [0, 0.1) is 11.6 Å². The van der Waals surface area contributed by atoms with E-state index in [-0.39, 0.29) is 0 Å². The fraction of sp³-hybridized carbons (Fsp3) is 0.375. The van der Waals surface area contributed by atoms with Gasteiger partial charge in [0.2, 0.25) is 0 Å². The zero-order valence-corrected chi connectivity index (χ0v) is 14.0. The van der Waals surface area contributed by atoms with Crippen molar-refractivity contribution in [1.82, 2.24) is 9.88 Å². The van der Waals surface area contributed by atoms with Crippen molar-refractivity contribution in [1.29, 1.82) is 0 Å². The Kier molecular flexibility index (Phi) is 5.24. The van der Waals surface area contributed by atoms with Crippen LogP contribution in [0.5, 0.6) is 0 Å². The lowest BCUT2D eigenvalue weighted by Gasteiger charge is -2.35. The van der Waals surface area contributed by atoms with Crippen LogP contribution in [0.3, 0.4) is 0 Å². The summed E-state index contributed by atoms with van der Waals surface area (Å²) in [7, 11) is 0. The Labute approximate surface area is 143 Å². The summed E-state index contributed by atoms with van der Waals surface area (Å²) in [6, 6.07) is 3.51. The Hall–Kier alpha value is -2.22. The smallest absolute Gasteiger partial charge is 0.191 e. The zero-order valence-electron chi connectivity index (χ0n) is 13.2. The lowest BCUT2D eigenvalue weighted by molar-refractivity contribution is 0.380. The van der Waals surface area contributed by atoms with Crippen molar-refractivity contribution < 1.29 is 8.78 Å². The van der Waals surface area contributed by atoms with Crippen LogP contribution in [-0.4, -0.2) is 48.6 Å². The van der Waals surface area contributed by atoms with Gasteiger partial charge in [0, 0.05) is 50.4 Å². The molecule has 0 radical (unpaired) electrons. The largest absolute Gasteiger partial charge is 0.370 e. The monoisotopic (exact) mass is 351 g/mol. The first-order chi connectivity index (χ1) is 11.6. The number of aliphatic imine (C=N–C) groups is 1. The summed E-state index contributed by atoms with van der Waals surface area (Å²) in [5.41, 5.74) is 6.61. The fourth-order valence-electron chi connectivity index (χ4n) is 2.65. The van der Waals surface area contributed by atoms with E-state index in [1.807, 2.05) is 10.3 Å². The molecular weight excluding hydrogens is 332 g/mol. The van der Waals surface area contributed by atoms with Crippen LogP contribution >= 0.6 is 11.3 Å². The summed E-state index contributed by atoms with van der Waals surface area (Å²) in [5.74, 6) is -0.661. The highest BCUT2D eigenvalue weighted by Crippen LogP contribution is 2.18. The zero-order chi connectivity index (χ0) is 16.9. The van der Waals surface area contributed by atoms with Gasteiger partial charge in [-0.3, -0.25) is 4.99 Å². The van der Waals surface area contributed by atoms with Crippen LogP contribution in [0.4, 0.5) is 13.9 Å². The summed E-state index contributed by atoms with van der Waals surface area (Å²) in [6.45, 7) is 3.66. The van der Waals surface area contributed by atoms with Crippen molar-refractivity contribution in [2.24, 2.45) is 10.7 Å². The number of guanidine groups is 1. The molecule has 1 aliphatic heterocycles. The van der Waals surface area contributed by atoms with Gasteiger partial charge in [0.1, 0.15) is 11.6 Å². The summed E-state index contributed by atoms with van der Waals surface area (Å²) in [6.07, 6.45) is 2.26. The van der Waals surface area contributed by atoms with Crippen LogP contribution in [0.25, 0.3) is 0 Å². The molecule has 2 N–H and O–H groups in total. The van der Waals surface area contributed by atoms with E-state index in [9.17, 15) is 8.78 Å². The van der Waals surface area contributed by atoms with E-state index in [1.165, 1.54) is 12.1 Å². The number of aromatic nitrogens is 1. The third-order valence-corrected chi connectivity index (χ3v) is 4.72. The molecule has 0 unspecified atom stereocenters. The Morgan fingerprint density at radius 3 is 2.50 bits per heavy atom. The summed E-state index contributed by atoms with van der Waals surface area (Å²) in [4.78, 5) is 12.9. The molecule has 2 aromatic rings. The maximum absolute atomic E-state index is 13.1. The van der Waals surface area contributed by atoms with Gasteiger partial charge in [0.15, 0.2) is 11.1 Å². The van der Waals surface area contributed by atoms with E-state index in [0.717, 1.165) is 37.4 Å². The minimum absolute atomic E-state index is 0.404. The highest BCUT2D eigenvalue weighted by Gasteiger charge is 2.19. The number of halogens is 2. The van der Waals surface area contributed by atoms with Crippen molar-refractivity contribution in [3.8, 4) is 0 Å². The average Bonchev–Trinajstić information content (AvgIpc) is 3.08. The van der Waals surface area contributed by atoms with Gasteiger partial charge in [0.05, 0.1) is 0 Å². The first-order valence-electron chi connectivity index (χ1n) is 7.76. The van der Waals surface area contributed by atoms with E-state index >= 15 is 0 Å². The molecular formula is C16H19F2N5S. The molecule has 1 saturated heterocycles. The Morgan fingerprint density at radius 2 is 1.88 bits per heavy atom. The normalized spacial score (nSPS) is 15.8. The number of thiazole rings is 1. The Morgan fingerprint density at radius 1 is 1.17 bits per heavy atom. The van der Waals surface area contributed by atoms with Crippen LogP contribution in [0.15, 0.2) is 34.8 Å². The van der Waals surface area contributed by atoms with Crippen LogP contribution in [0.2, 0.25) is 0 Å². The number of rotatable bonds is 4. The highest BCUT2D eigenvalue weighted by atomic mass is 32.1. The highest BCUT2D eigenvalue weighted by molar-refractivity contribution is 7.13. The molecule has 2 heterocycles. The molecule has 1 fully saturated rings. The molecule has 1 aromatic heterocycles. The molecule has 8 heteroatoms. The molecule has 0 bridgehead atoms. The molecule has 5 nitrogen and oxygen atoms in total. The standard InChI is InChI=1S/C16H19F2N5S/c17-13-9-12(10-14(18)11-13)1-2-20-15(19)22-4-6-23(7-5-22)16-21-3-8-24-16/h3,8-11H,1-2,4-7H2,(H2,19,20). The van der Waals surface area contributed by atoms with Crippen LogP contribution in [-0.2, 0) is 6.42 Å². The first-order valence-corrected chi connectivity index (χ1v) is 8.64. The molecule has 0 amide bonds. The first kappa shape index (κ1) is 16.6. The number of benzene rings is 1. The minimum atomic E-state index is -0.569. The quantitative estimate of drug-likeness (QED) is 0.677. The molecule has 0 aliphatic carbocycles. The number of nitrogens with zero attached hydrogens (tertiary/aromatic N) is 4. The number of hydrogen-bond acceptors (Lipinski definition) is 4. The molecule has 3 rings (SSSR count). The Balaban J connectivity index is 1.49. The number of anilines is 1. The average molecular weight is 351 g/mol. The van der Waals surface area contributed by atoms with E-state index in [4.69, 9.17) is 5.73 Å². The minimum Gasteiger partial charge on any atom is -0.370 e. The maximum Gasteiger partial charge on any atom is 0.191 e. The molecule has 1 aliphatic rings. The number of piperazine rings is 1. The van der Waals surface area contributed by atoms with Gasteiger partial charge in [0.25, 0.3) is 0 Å². The van der Waals surface area contributed by atoms with Gasteiger partial charge < -0.3 is 15.5 Å². The van der Waals surface area contributed by atoms with Gasteiger partial charge in [-0.05, 0) is 24.1 Å². The van der Waals surface area contributed by atoms with Crippen LogP contribution in [0.1, 0.15) is 5.56 Å². The van der Waals surface area contributed by atoms with Gasteiger partial charge in [-0.25, -0.2) is 13.8 Å². The van der Waals surface area contributed by atoms with Crippen molar-refractivity contribution in [3.63, 3.8) is 0 Å². The SMILES string of the molecule is NC(=NCCc1cc(F)cc(F)c1)N1CCN(c2nccs2)CC1. The lowest BCUT2D eigenvalue weighted by atomic mass is 10.1. The Bertz CT molecular complexity index is 676. The molecule has 0 atom stereocenters.